The summed E-state index contributed by atoms with van der Waals surface area (Å²) in [6.45, 7) is 2.87. The van der Waals surface area contributed by atoms with E-state index in [9.17, 15) is 0 Å². The van der Waals surface area contributed by atoms with E-state index in [1.165, 1.54) is 7.11 Å². The quantitative estimate of drug-likeness (QED) is 0.911. The average molecular weight is 279 g/mol. The minimum absolute atomic E-state index is 0.290. The molecular formula is C13H15ClN4O. The molecular weight excluding hydrogens is 264 g/mol. The predicted octanol–water partition coefficient (Wildman–Crippen LogP) is 3.02. The molecule has 1 N–H and O–H groups in total. The molecule has 2 rings (SSSR count). The van der Waals surface area contributed by atoms with Gasteiger partial charge in [0.1, 0.15) is 0 Å². The molecule has 1 heterocycles. The number of hydrogen-bond donors (Lipinski definition) is 1. The summed E-state index contributed by atoms with van der Waals surface area (Å²) in [6, 6.07) is 7.61. The van der Waals surface area contributed by atoms with Crippen molar-refractivity contribution in [2.45, 2.75) is 13.3 Å². The van der Waals surface area contributed by atoms with Crippen molar-refractivity contribution in [2.75, 3.05) is 19.0 Å². The van der Waals surface area contributed by atoms with Gasteiger partial charge in [0.15, 0.2) is 5.82 Å². The molecule has 100 valence electrons. The van der Waals surface area contributed by atoms with Crippen molar-refractivity contribution < 1.29 is 4.74 Å². The molecule has 0 radical (unpaired) electrons. The van der Waals surface area contributed by atoms with Gasteiger partial charge in [-0.05, 0) is 30.7 Å². The molecule has 0 aliphatic heterocycles. The summed E-state index contributed by atoms with van der Waals surface area (Å²) >= 11 is 5.87. The van der Waals surface area contributed by atoms with E-state index >= 15 is 0 Å². The topological polar surface area (TPSA) is 59.9 Å². The smallest absolute Gasteiger partial charge is 0.321 e. The Morgan fingerprint density at radius 2 is 1.89 bits per heavy atom. The van der Waals surface area contributed by atoms with Crippen LogP contribution >= 0.6 is 11.6 Å². The Balaban J connectivity index is 2.35. The highest BCUT2D eigenvalue weighted by atomic mass is 35.5. The van der Waals surface area contributed by atoms with Gasteiger partial charge in [-0.25, -0.2) is 0 Å². The highest BCUT2D eigenvalue weighted by molar-refractivity contribution is 6.30. The Kier molecular flexibility index (Phi) is 4.52. The van der Waals surface area contributed by atoms with E-state index < -0.39 is 0 Å². The molecule has 0 unspecified atom stereocenters. The van der Waals surface area contributed by atoms with Crippen molar-refractivity contribution in [1.82, 2.24) is 15.0 Å². The maximum absolute atomic E-state index is 5.87. The van der Waals surface area contributed by atoms with E-state index in [0.717, 1.165) is 18.5 Å². The van der Waals surface area contributed by atoms with Crippen molar-refractivity contribution in [3.05, 3.63) is 29.3 Å². The van der Waals surface area contributed by atoms with Crippen LogP contribution in [0.4, 0.5) is 5.95 Å². The summed E-state index contributed by atoms with van der Waals surface area (Å²) in [7, 11) is 1.53. The number of halogens is 1. The maximum Gasteiger partial charge on any atom is 0.321 e. The first-order valence-corrected chi connectivity index (χ1v) is 6.40. The van der Waals surface area contributed by atoms with Gasteiger partial charge < -0.3 is 10.1 Å². The second-order valence-electron chi connectivity index (χ2n) is 3.90. The van der Waals surface area contributed by atoms with Crippen LogP contribution in [0.2, 0.25) is 5.02 Å². The lowest BCUT2D eigenvalue weighted by Gasteiger charge is -2.07. The molecule has 6 heteroatoms. The van der Waals surface area contributed by atoms with Gasteiger partial charge in [-0.1, -0.05) is 18.5 Å². The van der Waals surface area contributed by atoms with Crippen molar-refractivity contribution in [3.63, 3.8) is 0 Å². The molecule has 0 saturated carbocycles. The van der Waals surface area contributed by atoms with Gasteiger partial charge in [0, 0.05) is 17.1 Å². The minimum Gasteiger partial charge on any atom is -0.467 e. The fourth-order valence-corrected chi connectivity index (χ4v) is 1.62. The van der Waals surface area contributed by atoms with Crippen LogP contribution in [0.15, 0.2) is 24.3 Å². The molecule has 0 saturated heterocycles. The van der Waals surface area contributed by atoms with Crippen LogP contribution < -0.4 is 10.1 Å². The number of ether oxygens (including phenoxy) is 1. The zero-order valence-corrected chi connectivity index (χ0v) is 11.6. The molecule has 1 aromatic carbocycles. The summed E-state index contributed by atoms with van der Waals surface area (Å²) < 4.78 is 5.09. The van der Waals surface area contributed by atoms with Crippen molar-refractivity contribution >= 4 is 17.5 Å². The molecule has 0 aliphatic carbocycles. The van der Waals surface area contributed by atoms with Crippen molar-refractivity contribution in [3.8, 4) is 17.4 Å². The van der Waals surface area contributed by atoms with E-state index in [2.05, 4.69) is 27.2 Å². The summed E-state index contributed by atoms with van der Waals surface area (Å²) in [5, 5.41) is 3.80. The number of hydrogen-bond acceptors (Lipinski definition) is 5. The van der Waals surface area contributed by atoms with Crippen LogP contribution in [0.1, 0.15) is 13.3 Å². The molecule has 0 bridgehead atoms. The predicted molar refractivity (Wildman–Crippen MR) is 75.6 cm³/mol. The third-order valence-corrected chi connectivity index (χ3v) is 2.68. The van der Waals surface area contributed by atoms with Gasteiger partial charge in [-0.15, -0.1) is 0 Å². The zero-order chi connectivity index (χ0) is 13.7. The fraction of sp³-hybridized carbons (Fsp3) is 0.308. The first-order chi connectivity index (χ1) is 9.22. The Labute approximate surface area is 117 Å². The highest BCUT2D eigenvalue weighted by Gasteiger charge is 2.08. The SMILES string of the molecule is CCCNc1nc(OC)nc(-c2ccc(Cl)cc2)n1. The Hall–Kier alpha value is -1.88. The summed E-state index contributed by atoms with van der Waals surface area (Å²) in [4.78, 5) is 12.7. The van der Waals surface area contributed by atoms with Crippen molar-refractivity contribution in [2.24, 2.45) is 0 Å². The lowest BCUT2D eigenvalue weighted by molar-refractivity contribution is 0.379. The van der Waals surface area contributed by atoms with Crippen LogP contribution in [0, 0.1) is 0 Å². The maximum atomic E-state index is 5.87. The normalized spacial score (nSPS) is 10.3. The molecule has 2 aromatic rings. The summed E-state index contributed by atoms with van der Waals surface area (Å²) in [6.07, 6.45) is 0.990. The third kappa shape index (κ3) is 3.54. The van der Waals surface area contributed by atoms with Gasteiger partial charge in [0.05, 0.1) is 7.11 Å². The van der Waals surface area contributed by atoms with Gasteiger partial charge in [-0.2, -0.15) is 15.0 Å². The number of nitrogens with one attached hydrogen (secondary N) is 1. The van der Waals surface area contributed by atoms with Crippen LogP contribution in [0.3, 0.4) is 0 Å². The number of rotatable bonds is 5. The van der Waals surface area contributed by atoms with Crippen LogP contribution in [-0.4, -0.2) is 28.6 Å². The molecule has 1 aromatic heterocycles. The van der Waals surface area contributed by atoms with E-state index in [1.807, 2.05) is 12.1 Å². The Morgan fingerprint density at radius 3 is 2.53 bits per heavy atom. The number of anilines is 1. The molecule has 0 spiro atoms. The van der Waals surface area contributed by atoms with E-state index in [1.54, 1.807) is 12.1 Å². The number of aromatic nitrogens is 3. The monoisotopic (exact) mass is 278 g/mol. The number of methoxy groups -OCH3 is 1. The average Bonchev–Trinajstić information content (AvgIpc) is 2.45. The molecule has 0 fully saturated rings. The first-order valence-electron chi connectivity index (χ1n) is 6.03. The fourth-order valence-electron chi connectivity index (χ4n) is 1.49. The second kappa shape index (κ2) is 6.33. The molecule has 5 nitrogen and oxygen atoms in total. The molecule has 0 atom stereocenters. The lowest BCUT2D eigenvalue weighted by Crippen LogP contribution is -2.07. The minimum atomic E-state index is 0.290. The largest absolute Gasteiger partial charge is 0.467 e. The van der Waals surface area contributed by atoms with Crippen LogP contribution in [-0.2, 0) is 0 Å². The van der Waals surface area contributed by atoms with E-state index in [0.29, 0.717) is 22.8 Å². The van der Waals surface area contributed by atoms with Crippen molar-refractivity contribution in [1.29, 1.82) is 0 Å². The summed E-state index contributed by atoms with van der Waals surface area (Å²) in [5.74, 6) is 1.07. The van der Waals surface area contributed by atoms with Crippen LogP contribution in [0.25, 0.3) is 11.4 Å². The van der Waals surface area contributed by atoms with Gasteiger partial charge in [0.25, 0.3) is 0 Å². The third-order valence-electron chi connectivity index (χ3n) is 2.43. The van der Waals surface area contributed by atoms with Crippen LogP contribution in [0.5, 0.6) is 6.01 Å². The van der Waals surface area contributed by atoms with E-state index in [4.69, 9.17) is 16.3 Å². The first kappa shape index (κ1) is 13.5. The van der Waals surface area contributed by atoms with Gasteiger partial charge in [-0.3, -0.25) is 0 Å². The Morgan fingerprint density at radius 1 is 1.16 bits per heavy atom. The molecule has 0 amide bonds. The molecule has 0 aliphatic rings. The summed E-state index contributed by atoms with van der Waals surface area (Å²) in [5.41, 5.74) is 0.865. The number of nitrogens with zero attached hydrogens (tertiary/aromatic N) is 3. The lowest BCUT2D eigenvalue weighted by atomic mass is 10.2. The number of benzene rings is 1. The van der Waals surface area contributed by atoms with Gasteiger partial charge >= 0.3 is 6.01 Å². The molecule has 19 heavy (non-hydrogen) atoms. The highest BCUT2D eigenvalue weighted by Crippen LogP contribution is 2.20. The second-order valence-corrected chi connectivity index (χ2v) is 4.34. The van der Waals surface area contributed by atoms with Gasteiger partial charge in [0.2, 0.25) is 5.95 Å². The standard InChI is InChI=1S/C13H15ClN4O/c1-3-8-15-12-16-11(17-13(18-12)19-2)9-4-6-10(14)7-5-9/h4-7H,3,8H2,1-2H3,(H,15,16,17,18). The van der Waals surface area contributed by atoms with E-state index in [-0.39, 0.29) is 0 Å². The zero-order valence-electron chi connectivity index (χ0n) is 10.9. The Bertz CT molecular complexity index is 545.